The standard InChI is InChI=1S/C14H20N2O3/c1-11-5-6-12(9-13(11)16(17)18)19-10-14(15)7-3-2-4-8-14/h5-6,9H,2-4,7-8,10,15H2,1H3. The van der Waals surface area contributed by atoms with Crippen molar-refractivity contribution in [2.24, 2.45) is 5.73 Å². The Bertz CT molecular complexity index is 468. The predicted molar refractivity (Wildman–Crippen MR) is 73.3 cm³/mol. The minimum Gasteiger partial charge on any atom is -0.491 e. The van der Waals surface area contributed by atoms with Crippen LogP contribution in [0.3, 0.4) is 0 Å². The van der Waals surface area contributed by atoms with E-state index in [1.54, 1.807) is 19.1 Å². The average molecular weight is 264 g/mol. The van der Waals surface area contributed by atoms with E-state index in [1.165, 1.54) is 12.5 Å². The normalized spacial score (nSPS) is 18.0. The van der Waals surface area contributed by atoms with E-state index in [9.17, 15) is 10.1 Å². The fourth-order valence-corrected chi connectivity index (χ4v) is 2.50. The second-order valence-electron chi connectivity index (χ2n) is 5.42. The number of nitrogens with zero attached hydrogens (tertiary/aromatic N) is 1. The van der Waals surface area contributed by atoms with Gasteiger partial charge in [0.15, 0.2) is 0 Å². The van der Waals surface area contributed by atoms with E-state index < -0.39 is 0 Å². The molecule has 1 aliphatic rings. The number of aryl methyl sites for hydroxylation is 1. The zero-order chi connectivity index (χ0) is 13.9. The van der Waals surface area contributed by atoms with Crippen molar-refractivity contribution in [3.8, 4) is 5.75 Å². The third kappa shape index (κ3) is 3.44. The summed E-state index contributed by atoms with van der Waals surface area (Å²) in [5.41, 5.74) is 6.72. The van der Waals surface area contributed by atoms with Gasteiger partial charge in [0.2, 0.25) is 0 Å². The van der Waals surface area contributed by atoms with Gasteiger partial charge in [-0.1, -0.05) is 19.3 Å². The number of nitro groups is 1. The maximum atomic E-state index is 10.9. The van der Waals surface area contributed by atoms with Crippen molar-refractivity contribution >= 4 is 5.69 Å². The van der Waals surface area contributed by atoms with E-state index in [1.807, 2.05) is 0 Å². The molecule has 0 unspecified atom stereocenters. The van der Waals surface area contributed by atoms with Crippen LogP contribution >= 0.6 is 0 Å². The first-order valence-corrected chi connectivity index (χ1v) is 6.67. The Labute approximate surface area is 112 Å². The van der Waals surface area contributed by atoms with Gasteiger partial charge >= 0.3 is 0 Å². The fourth-order valence-electron chi connectivity index (χ4n) is 2.50. The van der Waals surface area contributed by atoms with Gasteiger partial charge in [0.25, 0.3) is 5.69 Å². The van der Waals surface area contributed by atoms with Gasteiger partial charge in [0.1, 0.15) is 12.4 Å². The Kier molecular flexibility index (Phi) is 4.04. The molecular weight excluding hydrogens is 244 g/mol. The zero-order valence-corrected chi connectivity index (χ0v) is 11.2. The topological polar surface area (TPSA) is 78.4 Å². The van der Waals surface area contributed by atoms with Gasteiger partial charge in [-0.05, 0) is 31.9 Å². The lowest BCUT2D eigenvalue weighted by Crippen LogP contribution is -2.47. The van der Waals surface area contributed by atoms with Crippen LogP contribution < -0.4 is 10.5 Å². The number of hydrogen-bond acceptors (Lipinski definition) is 4. The van der Waals surface area contributed by atoms with Crippen LogP contribution in [0.15, 0.2) is 18.2 Å². The molecular formula is C14H20N2O3. The number of nitrogens with two attached hydrogens (primary N) is 1. The molecule has 1 fully saturated rings. The molecule has 0 aromatic heterocycles. The highest BCUT2D eigenvalue weighted by Crippen LogP contribution is 2.28. The molecule has 1 aromatic rings. The summed E-state index contributed by atoms with van der Waals surface area (Å²) in [5, 5.41) is 10.9. The first-order chi connectivity index (χ1) is 9.00. The quantitative estimate of drug-likeness (QED) is 0.670. The molecule has 1 saturated carbocycles. The number of nitro benzene ring substituents is 1. The van der Waals surface area contributed by atoms with E-state index in [0.29, 0.717) is 17.9 Å². The van der Waals surface area contributed by atoms with Crippen molar-refractivity contribution < 1.29 is 9.66 Å². The number of rotatable bonds is 4. The largest absolute Gasteiger partial charge is 0.491 e. The van der Waals surface area contributed by atoms with Crippen LogP contribution in [0.25, 0.3) is 0 Å². The maximum Gasteiger partial charge on any atom is 0.276 e. The van der Waals surface area contributed by atoms with Crippen LogP contribution in [0.2, 0.25) is 0 Å². The number of ether oxygens (including phenoxy) is 1. The smallest absolute Gasteiger partial charge is 0.276 e. The molecule has 0 atom stereocenters. The Morgan fingerprint density at radius 2 is 2.05 bits per heavy atom. The van der Waals surface area contributed by atoms with Crippen molar-refractivity contribution in [3.63, 3.8) is 0 Å². The molecule has 5 heteroatoms. The molecule has 0 heterocycles. The van der Waals surface area contributed by atoms with Crippen LogP contribution in [0, 0.1) is 17.0 Å². The van der Waals surface area contributed by atoms with Crippen molar-refractivity contribution in [3.05, 3.63) is 33.9 Å². The summed E-state index contributed by atoms with van der Waals surface area (Å²) in [6, 6.07) is 4.94. The summed E-state index contributed by atoms with van der Waals surface area (Å²) in [6.07, 6.45) is 5.42. The molecule has 5 nitrogen and oxygen atoms in total. The Hall–Kier alpha value is -1.62. The Morgan fingerprint density at radius 1 is 1.37 bits per heavy atom. The maximum absolute atomic E-state index is 10.9. The van der Waals surface area contributed by atoms with Gasteiger partial charge in [-0.3, -0.25) is 10.1 Å². The Balaban J connectivity index is 2.03. The molecule has 104 valence electrons. The Morgan fingerprint density at radius 3 is 2.68 bits per heavy atom. The molecule has 2 rings (SSSR count). The third-order valence-electron chi connectivity index (χ3n) is 3.75. The molecule has 0 amide bonds. The summed E-state index contributed by atoms with van der Waals surface area (Å²) in [5.74, 6) is 0.521. The second-order valence-corrected chi connectivity index (χ2v) is 5.42. The summed E-state index contributed by atoms with van der Waals surface area (Å²) >= 11 is 0. The van der Waals surface area contributed by atoms with Crippen molar-refractivity contribution in [1.29, 1.82) is 0 Å². The summed E-state index contributed by atoms with van der Waals surface area (Å²) in [7, 11) is 0. The van der Waals surface area contributed by atoms with E-state index in [-0.39, 0.29) is 16.1 Å². The minimum absolute atomic E-state index is 0.0900. The van der Waals surface area contributed by atoms with E-state index in [2.05, 4.69) is 0 Å². The molecule has 0 spiro atoms. The second kappa shape index (κ2) is 5.57. The third-order valence-corrected chi connectivity index (χ3v) is 3.75. The molecule has 19 heavy (non-hydrogen) atoms. The van der Waals surface area contributed by atoms with Crippen LogP contribution in [0.1, 0.15) is 37.7 Å². The number of benzene rings is 1. The monoisotopic (exact) mass is 264 g/mol. The molecule has 0 saturated heterocycles. The lowest BCUT2D eigenvalue weighted by molar-refractivity contribution is -0.385. The number of hydrogen-bond donors (Lipinski definition) is 1. The lowest BCUT2D eigenvalue weighted by atomic mass is 9.83. The zero-order valence-electron chi connectivity index (χ0n) is 11.2. The molecule has 0 radical (unpaired) electrons. The SMILES string of the molecule is Cc1ccc(OCC2(N)CCCCC2)cc1[N+](=O)[O-]. The summed E-state index contributed by atoms with van der Waals surface area (Å²) in [6.45, 7) is 2.14. The molecule has 0 bridgehead atoms. The van der Waals surface area contributed by atoms with Gasteiger partial charge in [-0.15, -0.1) is 0 Å². The highest BCUT2D eigenvalue weighted by atomic mass is 16.6. The van der Waals surface area contributed by atoms with Crippen LogP contribution in [0.5, 0.6) is 5.75 Å². The molecule has 1 aromatic carbocycles. The van der Waals surface area contributed by atoms with Gasteiger partial charge in [-0.2, -0.15) is 0 Å². The van der Waals surface area contributed by atoms with Gasteiger partial charge in [0.05, 0.1) is 16.5 Å². The molecule has 1 aliphatic carbocycles. The first-order valence-electron chi connectivity index (χ1n) is 6.67. The summed E-state index contributed by atoms with van der Waals surface area (Å²) < 4.78 is 5.66. The molecule has 2 N–H and O–H groups in total. The van der Waals surface area contributed by atoms with Gasteiger partial charge < -0.3 is 10.5 Å². The summed E-state index contributed by atoms with van der Waals surface area (Å²) in [4.78, 5) is 10.5. The van der Waals surface area contributed by atoms with Gasteiger partial charge in [0, 0.05) is 5.56 Å². The van der Waals surface area contributed by atoms with Gasteiger partial charge in [-0.25, -0.2) is 0 Å². The van der Waals surface area contributed by atoms with Crippen LogP contribution in [-0.4, -0.2) is 17.1 Å². The van der Waals surface area contributed by atoms with Crippen molar-refractivity contribution in [2.75, 3.05) is 6.61 Å². The van der Waals surface area contributed by atoms with Crippen molar-refractivity contribution in [2.45, 2.75) is 44.6 Å². The van der Waals surface area contributed by atoms with E-state index in [4.69, 9.17) is 10.5 Å². The van der Waals surface area contributed by atoms with Crippen LogP contribution in [0.4, 0.5) is 5.69 Å². The predicted octanol–water partition coefficient (Wildman–Crippen LogP) is 2.94. The molecule has 0 aliphatic heterocycles. The minimum atomic E-state index is -0.388. The van der Waals surface area contributed by atoms with E-state index >= 15 is 0 Å². The first kappa shape index (κ1) is 13.8. The highest BCUT2D eigenvalue weighted by molar-refractivity contribution is 5.45. The average Bonchev–Trinajstić information content (AvgIpc) is 2.38. The lowest BCUT2D eigenvalue weighted by Gasteiger charge is -2.33. The fraction of sp³-hybridized carbons (Fsp3) is 0.571. The highest BCUT2D eigenvalue weighted by Gasteiger charge is 2.28. The van der Waals surface area contributed by atoms with Crippen molar-refractivity contribution in [1.82, 2.24) is 0 Å². The van der Waals surface area contributed by atoms with E-state index in [0.717, 1.165) is 25.7 Å². The van der Waals surface area contributed by atoms with Crippen LogP contribution in [-0.2, 0) is 0 Å².